The Morgan fingerprint density at radius 3 is 2.63 bits per heavy atom. The van der Waals surface area contributed by atoms with E-state index in [2.05, 4.69) is 21.3 Å². The lowest BCUT2D eigenvalue weighted by atomic mass is 10.1. The number of rotatable bonds is 9. The van der Waals surface area contributed by atoms with Gasteiger partial charge in [-0.05, 0) is 37.1 Å². The summed E-state index contributed by atoms with van der Waals surface area (Å²) >= 11 is 0. The van der Waals surface area contributed by atoms with Gasteiger partial charge >= 0.3 is 6.09 Å². The minimum Gasteiger partial charge on any atom is -0.465 e. The number of carbonyl (C=O) groups is 4. The predicted molar refractivity (Wildman–Crippen MR) is 131 cm³/mol. The zero-order valence-electron chi connectivity index (χ0n) is 19.8. The van der Waals surface area contributed by atoms with Gasteiger partial charge in [-0.15, -0.1) is 0 Å². The standard InChI is InChI=1S/C24H29N5O6/c1-4-10-25-21(30)9-8-17-23(32)27-18-13-19(28-24(33)34)20(12-16(18)22(31)26-17)35-15-7-5-6-14(11-15)29(2)3/h5-7,11-13,17,28H,4,8-10H2,1-3H3,(H,25,30)(H,26,31)(H,27,32)(H,33,34)/t17-/m1/s1. The minimum atomic E-state index is -1.34. The van der Waals surface area contributed by atoms with Gasteiger partial charge in [0.25, 0.3) is 5.91 Å². The van der Waals surface area contributed by atoms with Gasteiger partial charge in [-0.2, -0.15) is 0 Å². The summed E-state index contributed by atoms with van der Waals surface area (Å²) in [6, 6.07) is 8.90. The number of anilines is 3. The van der Waals surface area contributed by atoms with Gasteiger partial charge in [0.05, 0.1) is 16.9 Å². The quantitative estimate of drug-likeness (QED) is 0.368. The van der Waals surface area contributed by atoms with Crippen LogP contribution in [0.2, 0.25) is 0 Å². The van der Waals surface area contributed by atoms with E-state index in [0.717, 1.165) is 12.1 Å². The highest BCUT2D eigenvalue weighted by molar-refractivity contribution is 6.11. The van der Waals surface area contributed by atoms with Crippen molar-refractivity contribution in [3.05, 3.63) is 42.0 Å². The molecule has 2 aromatic carbocycles. The molecule has 1 atom stereocenters. The Labute approximate surface area is 202 Å². The molecule has 5 N–H and O–H groups in total. The molecule has 0 bridgehead atoms. The van der Waals surface area contributed by atoms with E-state index < -0.39 is 23.9 Å². The monoisotopic (exact) mass is 483 g/mol. The van der Waals surface area contributed by atoms with E-state index in [1.807, 2.05) is 32.0 Å². The second-order valence-electron chi connectivity index (χ2n) is 8.22. The van der Waals surface area contributed by atoms with Crippen molar-refractivity contribution in [1.29, 1.82) is 0 Å². The summed E-state index contributed by atoms with van der Waals surface area (Å²) in [7, 11) is 3.74. The van der Waals surface area contributed by atoms with Crippen LogP contribution in [0.5, 0.6) is 11.5 Å². The van der Waals surface area contributed by atoms with Crippen LogP contribution in [0.25, 0.3) is 0 Å². The number of fused-ring (bicyclic) bond motifs is 1. The van der Waals surface area contributed by atoms with Gasteiger partial charge in [0, 0.05) is 38.8 Å². The molecule has 0 fully saturated rings. The lowest BCUT2D eigenvalue weighted by Crippen LogP contribution is -2.42. The van der Waals surface area contributed by atoms with Gasteiger partial charge in [0.2, 0.25) is 11.8 Å². The predicted octanol–water partition coefficient (Wildman–Crippen LogP) is 2.99. The van der Waals surface area contributed by atoms with Crippen molar-refractivity contribution in [3.63, 3.8) is 0 Å². The van der Waals surface area contributed by atoms with Crippen molar-refractivity contribution in [2.75, 3.05) is 36.2 Å². The number of amides is 4. The largest absolute Gasteiger partial charge is 0.465 e. The molecule has 11 heteroatoms. The zero-order valence-corrected chi connectivity index (χ0v) is 19.8. The van der Waals surface area contributed by atoms with Crippen LogP contribution in [-0.2, 0) is 9.59 Å². The first kappa shape index (κ1) is 25.3. The third-order valence-electron chi connectivity index (χ3n) is 5.28. The molecule has 0 saturated carbocycles. The molecule has 0 unspecified atom stereocenters. The Kier molecular flexibility index (Phi) is 8.13. The highest BCUT2D eigenvalue weighted by Gasteiger charge is 2.30. The highest BCUT2D eigenvalue weighted by atomic mass is 16.5. The average molecular weight is 484 g/mol. The summed E-state index contributed by atoms with van der Waals surface area (Å²) in [6.07, 6.45) is -0.366. The maximum atomic E-state index is 13.0. The Balaban J connectivity index is 1.88. The molecule has 1 aliphatic heterocycles. The molecule has 35 heavy (non-hydrogen) atoms. The summed E-state index contributed by atoms with van der Waals surface area (Å²) in [5.74, 6) is -0.748. The van der Waals surface area contributed by atoms with Crippen molar-refractivity contribution in [2.24, 2.45) is 0 Å². The molecular weight excluding hydrogens is 454 g/mol. The summed E-state index contributed by atoms with van der Waals surface area (Å²) in [4.78, 5) is 50.9. The fourth-order valence-corrected chi connectivity index (χ4v) is 3.47. The molecule has 2 aromatic rings. The molecule has 0 radical (unpaired) electrons. The number of carboxylic acid groups (broad SMARTS) is 1. The van der Waals surface area contributed by atoms with Crippen LogP contribution in [0.1, 0.15) is 36.5 Å². The Hall–Kier alpha value is -4.28. The van der Waals surface area contributed by atoms with Crippen molar-refractivity contribution in [1.82, 2.24) is 10.6 Å². The molecule has 186 valence electrons. The molecule has 4 amide bonds. The maximum absolute atomic E-state index is 13.0. The Bertz CT molecular complexity index is 1130. The molecular formula is C24H29N5O6. The number of hydrogen-bond donors (Lipinski definition) is 5. The summed E-state index contributed by atoms with van der Waals surface area (Å²) in [6.45, 7) is 2.47. The van der Waals surface area contributed by atoms with Crippen LogP contribution in [0.15, 0.2) is 36.4 Å². The molecule has 0 aromatic heterocycles. The van der Waals surface area contributed by atoms with E-state index in [-0.39, 0.29) is 41.4 Å². The van der Waals surface area contributed by atoms with E-state index in [1.54, 1.807) is 18.2 Å². The van der Waals surface area contributed by atoms with Crippen molar-refractivity contribution < 1.29 is 29.0 Å². The van der Waals surface area contributed by atoms with Gasteiger partial charge in [-0.25, -0.2) is 4.79 Å². The Morgan fingerprint density at radius 2 is 1.94 bits per heavy atom. The second kappa shape index (κ2) is 11.2. The van der Waals surface area contributed by atoms with Crippen LogP contribution in [0, 0.1) is 0 Å². The topological polar surface area (TPSA) is 149 Å². The number of ether oxygens (including phenoxy) is 1. The zero-order chi connectivity index (χ0) is 25.5. The summed E-state index contributed by atoms with van der Waals surface area (Å²) < 4.78 is 5.93. The molecule has 1 aliphatic rings. The van der Waals surface area contributed by atoms with Crippen LogP contribution >= 0.6 is 0 Å². The first-order valence-corrected chi connectivity index (χ1v) is 11.2. The minimum absolute atomic E-state index is 0.0528. The third kappa shape index (κ3) is 6.62. The molecule has 11 nitrogen and oxygen atoms in total. The van der Waals surface area contributed by atoms with Gasteiger partial charge < -0.3 is 30.7 Å². The number of hydrogen-bond acceptors (Lipinski definition) is 6. The van der Waals surface area contributed by atoms with Crippen molar-refractivity contribution >= 4 is 40.9 Å². The van der Waals surface area contributed by atoms with Gasteiger partial charge in [-0.1, -0.05) is 13.0 Å². The van der Waals surface area contributed by atoms with Crippen LogP contribution in [0.3, 0.4) is 0 Å². The van der Waals surface area contributed by atoms with Crippen LogP contribution in [0.4, 0.5) is 21.9 Å². The SMILES string of the molecule is CCCNC(=O)CC[C@H]1NC(=O)c2cc(Oc3cccc(N(C)C)c3)c(NC(=O)O)cc2NC1=O. The molecule has 3 rings (SSSR count). The molecule has 1 heterocycles. The summed E-state index contributed by atoms with van der Waals surface area (Å²) in [5, 5.41) is 19.6. The molecule has 0 saturated heterocycles. The first-order chi connectivity index (χ1) is 16.7. The molecule has 0 spiro atoms. The van der Waals surface area contributed by atoms with E-state index >= 15 is 0 Å². The van der Waals surface area contributed by atoms with E-state index in [9.17, 15) is 24.3 Å². The van der Waals surface area contributed by atoms with E-state index in [4.69, 9.17) is 4.74 Å². The molecule has 0 aliphatic carbocycles. The van der Waals surface area contributed by atoms with Crippen LogP contribution < -0.4 is 30.9 Å². The fraction of sp³-hybridized carbons (Fsp3) is 0.333. The smallest absolute Gasteiger partial charge is 0.409 e. The van der Waals surface area contributed by atoms with Crippen molar-refractivity contribution in [2.45, 2.75) is 32.2 Å². The average Bonchev–Trinajstić information content (AvgIpc) is 2.92. The maximum Gasteiger partial charge on any atom is 0.409 e. The van der Waals surface area contributed by atoms with Gasteiger partial charge in [-0.3, -0.25) is 19.7 Å². The van der Waals surface area contributed by atoms with E-state index in [0.29, 0.717) is 12.3 Å². The second-order valence-corrected chi connectivity index (χ2v) is 8.22. The fourth-order valence-electron chi connectivity index (χ4n) is 3.47. The normalized spacial score (nSPS) is 14.7. The lowest BCUT2D eigenvalue weighted by molar-refractivity contribution is -0.121. The number of carbonyl (C=O) groups excluding carboxylic acids is 3. The van der Waals surface area contributed by atoms with Crippen molar-refractivity contribution in [3.8, 4) is 11.5 Å². The third-order valence-corrected chi connectivity index (χ3v) is 5.28. The van der Waals surface area contributed by atoms with E-state index in [1.165, 1.54) is 12.1 Å². The Morgan fingerprint density at radius 1 is 1.17 bits per heavy atom. The van der Waals surface area contributed by atoms with Gasteiger partial charge in [0.1, 0.15) is 11.8 Å². The lowest BCUT2D eigenvalue weighted by Gasteiger charge is -2.17. The number of benzene rings is 2. The van der Waals surface area contributed by atoms with Gasteiger partial charge in [0.15, 0.2) is 5.75 Å². The first-order valence-electron chi connectivity index (χ1n) is 11.2. The number of nitrogens with one attached hydrogen (secondary N) is 4. The highest BCUT2D eigenvalue weighted by Crippen LogP contribution is 2.36. The van der Waals surface area contributed by atoms with Crippen LogP contribution in [-0.4, -0.2) is 55.6 Å². The summed E-state index contributed by atoms with van der Waals surface area (Å²) in [5.41, 5.74) is 1.15. The number of nitrogens with zero attached hydrogens (tertiary/aromatic N) is 1.